The lowest BCUT2D eigenvalue weighted by Crippen LogP contribution is -2.41. The van der Waals surface area contributed by atoms with Crippen LogP contribution >= 0.6 is 0 Å². The lowest BCUT2D eigenvalue weighted by Gasteiger charge is -2.38. The lowest BCUT2D eigenvalue weighted by atomic mass is 9.79. The molecule has 1 aliphatic rings. The molecule has 0 aliphatic carbocycles. The van der Waals surface area contributed by atoms with Crippen LogP contribution in [0.25, 0.3) is 10.9 Å². The van der Waals surface area contributed by atoms with Crippen molar-refractivity contribution in [3.05, 3.63) is 60.3 Å². The molecule has 0 saturated carbocycles. The predicted octanol–water partition coefficient (Wildman–Crippen LogP) is 4.28. The van der Waals surface area contributed by atoms with E-state index < -0.39 is 12.1 Å². The van der Waals surface area contributed by atoms with Crippen LogP contribution in [0.3, 0.4) is 0 Å². The van der Waals surface area contributed by atoms with Crippen molar-refractivity contribution in [3.8, 4) is 5.75 Å². The third-order valence-electron chi connectivity index (χ3n) is 7.37. The minimum absolute atomic E-state index is 0.0968. The number of aliphatic hydroxyl groups excluding tert-OH is 1. The monoisotopic (exact) mass is 492 g/mol. The van der Waals surface area contributed by atoms with E-state index in [0.29, 0.717) is 6.42 Å². The number of hydrogen-bond acceptors (Lipinski definition) is 7. The highest BCUT2D eigenvalue weighted by Crippen LogP contribution is 2.34. The molecular weight excluding hydrogens is 456 g/mol. The molecule has 0 amide bonds. The summed E-state index contributed by atoms with van der Waals surface area (Å²) in [5.41, 5.74) is 2.73. The molecule has 36 heavy (non-hydrogen) atoms. The topological polar surface area (TPSA) is 109 Å². The average Bonchev–Trinajstić information content (AvgIpc) is 2.90. The van der Waals surface area contributed by atoms with Crippen LogP contribution in [0.2, 0.25) is 0 Å². The Balaban J connectivity index is 1.31. The fraction of sp³-hybridized carbons (Fsp3) is 0.500. The molecule has 1 unspecified atom stereocenters. The number of unbranched alkanes of at least 4 members (excludes halogenated alkanes) is 1. The molecule has 2 N–H and O–H groups in total. The highest BCUT2D eigenvalue weighted by Gasteiger charge is 2.31. The summed E-state index contributed by atoms with van der Waals surface area (Å²) in [6.45, 7) is 2.75. The first-order chi connectivity index (χ1) is 17.5. The first kappa shape index (κ1) is 26.0. The summed E-state index contributed by atoms with van der Waals surface area (Å²) in [5.74, 6) is 0.369. The zero-order valence-electron chi connectivity index (χ0n) is 20.9. The average molecular weight is 493 g/mol. The number of aryl methyl sites for hydroxylation is 1. The van der Waals surface area contributed by atoms with Gasteiger partial charge < -0.3 is 19.8 Å². The normalized spacial score (nSPS) is 19.3. The molecule has 3 atom stereocenters. The Hall–Kier alpha value is -3.10. The first-order valence-electron chi connectivity index (χ1n) is 12.8. The number of aliphatic hydroxyl groups is 1. The summed E-state index contributed by atoms with van der Waals surface area (Å²) in [4.78, 5) is 26.7. The molecule has 3 aromatic rings. The second-order valence-electron chi connectivity index (χ2n) is 9.74. The smallest absolute Gasteiger partial charge is 0.303 e. The molecule has 3 heterocycles. The lowest BCUT2D eigenvalue weighted by molar-refractivity contribution is -0.139. The number of aliphatic carboxylic acids is 1. The highest BCUT2D eigenvalue weighted by atomic mass is 16.5. The summed E-state index contributed by atoms with van der Waals surface area (Å²) >= 11 is 0. The van der Waals surface area contributed by atoms with Crippen molar-refractivity contribution in [2.75, 3.05) is 26.7 Å². The van der Waals surface area contributed by atoms with Crippen molar-refractivity contribution in [2.24, 2.45) is 11.8 Å². The molecule has 1 fully saturated rings. The maximum absolute atomic E-state index is 11.6. The van der Waals surface area contributed by atoms with Gasteiger partial charge in [-0.05, 0) is 99.3 Å². The number of likely N-dealkylation sites (tertiary alicyclic amines) is 1. The highest BCUT2D eigenvalue weighted by molar-refractivity contribution is 5.83. The zero-order chi connectivity index (χ0) is 25.3. The molecule has 4 rings (SSSR count). The quantitative estimate of drug-likeness (QED) is 0.361. The van der Waals surface area contributed by atoms with Gasteiger partial charge in [-0.2, -0.15) is 0 Å². The van der Waals surface area contributed by atoms with E-state index in [4.69, 9.17) is 4.74 Å². The SMILES string of the molecule is COc1ccc2nccc(C(O)CC[C@@H]3CCN(CCCCc4ccncn4)C[C@@H]3CC(=O)O)c2c1. The number of piperidine rings is 1. The summed E-state index contributed by atoms with van der Waals surface area (Å²) in [5, 5.41) is 21.5. The standard InChI is InChI=1S/C28H36N4O4/c1-36-23-6-7-26-25(17-23)24(10-13-30-26)27(33)8-5-20-11-15-32(18-21(20)16-28(34)35)14-3-2-4-22-9-12-29-19-31-22/h6-7,9-10,12-13,17,19-21,27,33H,2-5,8,11,14-16,18H2,1H3,(H,34,35)/t20-,21+,27?/m1/s1. The summed E-state index contributed by atoms with van der Waals surface area (Å²) in [7, 11) is 1.63. The minimum atomic E-state index is -0.747. The van der Waals surface area contributed by atoms with Gasteiger partial charge in [-0.3, -0.25) is 9.78 Å². The Morgan fingerprint density at radius 3 is 2.83 bits per heavy atom. The van der Waals surface area contributed by atoms with Gasteiger partial charge in [-0.25, -0.2) is 9.97 Å². The Bertz CT molecular complexity index is 1130. The molecule has 8 heteroatoms. The molecule has 1 aliphatic heterocycles. The van der Waals surface area contributed by atoms with Crippen molar-refractivity contribution in [1.29, 1.82) is 0 Å². The van der Waals surface area contributed by atoms with Gasteiger partial charge in [0, 0.05) is 36.4 Å². The van der Waals surface area contributed by atoms with Gasteiger partial charge in [-0.15, -0.1) is 0 Å². The van der Waals surface area contributed by atoms with E-state index in [1.165, 1.54) is 0 Å². The van der Waals surface area contributed by atoms with Crippen LogP contribution in [-0.4, -0.2) is 62.8 Å². The van der Waals surface area contributed by atoms with Gasteiger partial charge in [0.15, 0.2) is 0 Å². The van der Waals surface area contributed by atoms with Crippen molar-refractivity contribution in [2.45, 2.75) is 51.0 Å². The number of carboxylic acid groups (broad SMARTS) is 1. The van der Waals surface area contributed by atoms with Crippen molar-refractivity contribution in [1.82, 2.24) is 19.9 Å². The number of rotatable bonds is 12. The molecule has 1 saturated heterocycles. The molecule has 0 radical (unpaired) electrons. The molecule has 2 aromatic heterocycles. The fourth-order valence-electron chi connectivity index (χ4n) is 5.39. The van der Waals surface area contributed by atoms with Crippen LogP contribution in [0.4, 0.5) is 0 Å². The maximum Gasteiger partial charge on any atom is 0.303 e. The summed E-state index contributed by atoms with van der Waals surface area (Å²) in [6, 6.07) is 9.50. The van der Waals surface area contributed by atoms with Gasteiger partial charge in [-0.1, -0.05) is 0 Å². The van der Waals surface area contributed by atoms with Gasteiger partial charge >= 0.3 is 5.97 Å². The van der Waals surface area contributed by atoms with Gasteiger partial charge in [0.05, 0.1) is 18.7 Å². The molecule has 192 valence electrons. The molecule has 8 nitrogen and oxygen atoms in total. The van der Waals surface area contributed by atoms with Crippen molar-refractivity contribution >= 4 is 16.9 Å². The van der Waals surface area contributed by atoms with Crippen LogP contribution in [-0.2, 0) is 11.2 Å². The summed E-state index contributed by atoms with van der Waals surface area (Å²) < 4.78 is 5.36. The van der Waals surface area contributed by atoms with E-state index in [0.717, 1.165) is 79.6 Å². The molecular formula is C28H36N4O4. The Kier molecular flexibility index (Phi) is 9.19. The third kappa shape index (κ3) is 6.98. The summed E-state index contributed by atoms with van der Waals surface area (Å²) in [6.07, 6.45) is 10.0. The number of aromatic nitrogens is 3. The van der Waals surface area contributed by atoms with Gasteiger partial charge in [0.1, 0.15) is 12.1 Å². The third-order valence-corrected chi connectivity index (χ3v) is 7.37. The van der Waals surface area contributed by atoms with Crippen molar-refractivity contribution < 1.29 is 19.7 Å². The van der Waals surface area contributed by atoms with Crippen LogP contribution in [0, 0.1) is 11.8 Å². The van der Waals surface area contributed by atoms with E-state index in [2.05, 4.69) is 19.9 Å². The van der Waals surface area contributed by atoms with Crippen LogP contribution in [0.15, 0.2) is 49.1 Å². The van der Waals surface area contributed by atoms with Gasteiger partial charge in [0.2, 0.25) is 0 Å². The molecule has 0 bridgehead atoms. The number of ether oxygens (including phenoxy) is 1. The van der Waals surface area contributed by atoms with Gasteiger partial charge in [0.25, 0.3) is 0 Å². The Morgan fingerprint density at radius 2 is 2.06 bits per heavy atom. The van der Waals surface area contributed by atoms with Crippen LogP contribution in [0.5, 0.6) is 5.75 Å². The van der Waals surface area contributed by atoms with Crippen molar-refractivity contribution in [3.63, 3.8) is 0 Å². The number of benzene rings is 1. The van der Waals surface area contributed by atoms with E-state index in [-0.39, 0.29) is 18.3 Å². The first-order valence-corrected chi connectivity index (χ1v) is 12.8. The van der Waals surface area contributed by atoms with E-state index in [1.54, 1.807) is 25.8 Å². The maximum atomic E-state index is 11.6. The number of hydrogen-bond donors (Lipinski definition) is 2. The molecule has 0 spiro atoms. The number of pyridine rings is 1. The molecule has 1 aromatic carbocycles. The number of fused-ring (bicyclic) bond motifs is 1. The predicted molar refractivity (Wildman–Crippen MR) is 138 cm³/mol. The van der Waals surface area contributed by atoms with Crippen LogP contribution in [0.1, 0.15) is 55.9 Å². The van der Waals surface area contributed by atoms with E-state index in [1.807, 2.05) is 30.3 Å². The van der Waals surface area contributed by atoms with E-state index >= 15 is 0 Å². The number of carbonyl (C=O) groups is 1. The number of methoxy groups -OCH3 is 1. The Labute approximate surface area is 212 Å². The van der Waals surface area contributed by atoms with Crippen LogP contribution < -0.4 is 4.74 Å². The van der Waals surface area contributed by atoms with E-state index in [9.17, 15) is 15.0 Å². The minimum Gasteiger partial charge on any atom is -0.497 e. The Morgan fingerprint density at radius 1 is 1.17 bits per heavy atom. The number of nitrogens with zero attached hydrogens (tertiary/aromatic N) is 4. The zero-order valence-corrected chi connectivity index (χ0v) is 20.9. The second kappa shape index (κ2) is 12.7. The second-order valence-corrected chi connectivity index (χ2v) is 9.74. The fourth-order valence-corrected chi connectivity index (χ4v) is 5.39. The number of carboxylic acids is 1. The largest absolute Gasteiger partial charge is 0.497 e.